The first-order valence-electron chi connectivity index (χ1n) is 3.92. The van der Waals surface area contributed by atoms with Crippen molar-refractivity contribution in [3.8, 4) is 0 Å². The second-order valence-corrected chi connectivity index (χ2v) is 3.72. The van der Waals surface area contributed by atoms with Crippen molar-refractivity contribution in [2.45, 2.75) is 51.6 Å². The van der Waals surface area contributed by atoms with Gasteiger partial charge < -0.3 is 5.32 Å². The van der Waals surface area contributed by atoms with E-state index in [0.29, 0.717) is 5.54 Å². The van der Waals surface area contributed by atoms with Crippen LogP contribution in [0.2, 0.25) is 0 Å². The summed E-state index contributed by atoms with van der Waals surface area (Å²) in [6, 6.07) is 0.824. The van der Waals surface area contributed by atoms with Crippen LogP contribution < -0.4 is 5.32 Å². The van der Waals surface area contributed by atoms with E-state index >= 15 is 0 Å². The van der Waals surface area contributed by atoms with Crippen LogP contribution in [0.15, 0.2) is 0 Å². The SMILES string of the molecule is CCCC1CC(C)(C)N1. The third kappa shape index (κ3) is 1.68. The molecule has 9 heavy (non-hydrogen) atoms. The molecule has 0 amide bonds. The number of nitrogens with one attached hydrogen (secondary N) is 1. The lowest BCUT2D eigenvalue weighted by Gasteiger charge is -2.44. The molecule has 1 N–H and O–H groups in total. The van der Waals surface area contributed by atoms with Gasteiger partial charge in [0.25, 0.3) is 0 Å². The van der Waals surface area contributed by atoms with E-state index in [4.69, 9.17) is 0 Å². The van der Waals surface area contributed by atoms with Gasteiger partial charge in [-0.2, -0.15) is 0 Å². The molecule has 1 rings (SSSR count). The van der Waals surface area contributed by atoms with E-state index < -0.39 is 0 Å². The van der Waals surface area contributed by atoms with Crippen LogP contribution in [0, 0.1) is 0 Å². The van der Waals surface area contributed by atoms with Gasteiger partial charge in [0.2, 0.25) is 0 Å². The molecule has 1 fully saturated rings. The largest absolute Gasteiger partial charge is 0.309 e. The lowest BCUT2D eigenvalue weighted by atomic mass is 9.83. The van der Waals surface area contributed by atoms with Crippen LogP contribution in [-0.4, -0.2) is 11.6 Å². The van der Waals surface area contributed by atoms with Gasteiger partial charge in [0.15, 0.2) is 0 Å². The van der Waals surface area contributed by atoms with Gasteiger partial charge >= 0.3 is 0 Å². The summed E-state index contributed by atoms with van der Waals surface area (Å²) in [5.74, 6) is 0. The minimum atomic E-state index is 0.444. The number of hydrogen-bond donors (Lipinski definition) is 1. The minimum Gasteiger partial charge on any atom is -0.309 e. The van der Waals surface area contributed by atoms with E-state index in [1.54, 1.807) is 0 Å². The molecule has 1 nitrogen and oxygen atoms in total. The molecule has 0 aromatic heterocycles. The fourth-order valence-electron chi connectivity index (χ4n) is 1.67. The third-order valence-electron chi connectivity index (χ3n) is 1.99. The van der Waals surface area contributed by atoms with E-state index in [-0.39, 0.29) is 0 Å². The fourth-order valence-corrected chi connectivity index (χ4v) is 1.67. The average Bonchev–Trinajstić information content (AvgIpc) is 1.62. The molecule has 1 unspecified atom stereocenters. The smallest absolute Gasteiger partial charge is 0.0142 e. The van der Waals surface area contributed by atoms with Gasteiger partial charge in [-0.3, -0.25) is 0 Å². The van der Waals surface area contributed by atoms with Crippen molar-refractivity contribution < 1.29 is 0 Å². The van der Waals surface area contributed by atoms with Crippen molar-refractivity contribution in [3.63, 3.8) is 0 Å². The molecule has 54 valence electrons. The molecule has 0 radical (unpaired) electrons. The molecule has 1 aliphatic rings. The first kappa shape index (κ1) is 7.07. The van der Waals surface area contributed by atoms with Crippen molar-refractivity contribution in [2.24, 2.45) is 0 Å². The molecule has 1 saturated heterocycles. The van der Waals surface area contributed by atoms with Crippen LogP contribution in [0.25, 0.3) is 0 Å². The number of hydrogen-bond acceptors (Lipinski definition) is 1. The summed E-state index contributed by atoms with van der Waals surface area (Å²) in [6.45, 7) is 6.77. The Bertz CT molecular complexity index is 88.7. The molecule has 1 aliphatic heterocycles. The summed E-state index contributed by atoms with van der Waals surface area (Å²) >= 11 is 0. The first-order chi connectivity index (χ1) is 4.14. The van der Waals surface area contributed by atoms with Crippen LogP contribution in [0.1, 0.15) is 40.0 Å². The van der Waals surface area contributed by atoms with Gasteiger partial charge in [0, 0.05) is 11.6 Å². The van der Waals surface area contributed by atoms with E-state index in [1.165, 1.54) is 19.3 Å². The van der Waals surface area contributed by atoms with Gasteiger partial charge in [0.1, 0.15) is 0 Å². The maximum atomic E-state index is 3.52. The van der Waals surface area contributed by atoms with Gasteiger partial charge in [-0.15, -0.1) is 0 Å². The summed E-state index contributed by atoms with van der Waals surface area (Å²) in [6.07, 6.45) is 4.03. The molecule has 0 spiro atoms. The quantitative estimate of drug-likeness (QED) is 0.597. The molecule has 0 bridgehead atoms. The Labute approximate surface area is 57.8 Å². The Morgan fingerprint density at radius 1 is 1.56 bits per heavy atom. The van der Waals surface area contributed by atoms with Crippen molar-refractivity contribution in [1.29, 1.82) is 0 Å². The lowest BCUT2D eigenvalue weighted by molar-refractivity contribution is 0.166. The van der Waals surface area contributed by atoms with E-state index in [9.17, 15) is 0 Å². The van der Waals surface area contributed by atoms with Crippen molar-refractivity contribution in [3.05, 3.63) is 0 Å². The highest BCUT2D eigenvalue weighted by molar-refractivity contribution is 4.95. The summed E-state index contributed by atoms with van der Waals surface area (Å²) < 4.78 is 0. The zero-order chi connectivity index (χ0) is 6.91. The van der Waals surface area contributed by atoms with Crippen LogP contribution >= 0.6 is 0 Å². The molecule has 1 heterocycles. The maximum Gasteiger partial charge on any atom is 0.0142 e. The maximum absolute atomic E-state index is 3.52. The molecule has 0 aromatic rings. The van der Waals surface area contributed by atoms with Crippen molar-refractivity contribution in [1.82, 2.24) is 5.32 Å². The number of rotatable bonds is 2. The van der Waals surface area contributed by atoms with Gasteiger partial charge in [-0.05, 0) is 26.7 Å². The third-order valence-corrected chi connectivity index (χ3v) is 1.99. The molecular weight excluding hydrogens is 110 g/mol. The molecule has 0 aliphatic carbocycles. The van der Waals surface area contributed by atoms with Gasteiger partial charge in [-0.25, -0.2) is 0 Å². The van der Waals surface area contributed by atoms with E-state index in [1.807, 2.05) is 0 Å². The molecule has 1 heteroatoms. The van der Waals surface area contributed by atoms with E-state index in [0.717, 1.165) is 6.04 Å². The zero-order valence-corrected chi connectivity index (χ0v) is 6.70. The summed E-state index contributed by atoms with van der Waals surface area (Å²) in [7, 11) is 0. The highest BCUT2D eigenvalue weighted by Crippen LogP contribution is 2.25. The average molecular weight is 127 g/mol. The van der Waals surface area contributed by atoms with Crippen LogP contribution in [-0.2, 0) is 0 Å². The lowest BCUT2D eigenvalue weighted by Crippen LogP contribution is -2.59. The monoisotopic (exact) mass is 127 g/mol. The van der Waals surface area contributed by atoms with Crippen LogP contribution in [0.3, 0.4) is 0 Å². The molecular formula is C8H17N. The highest BCUT2D eigenvalue weighted by Gasteiger charge is 2.33. The minimum absolute atomic E-state index is 0.444. The Morgan fingerprint density at radius 3 is 2.44 bits per heavy atom. The van der Waals surface area contributed by atoms with Gasteiger partial charge in [0.05, 0.1) is 0 Å². The molecule has 0 aromatic carbocycles. The topological polar surface area (TPSA) is 12.0 Å². The fraction of sp³-hybridized carbons (Fsp3) is 1.00. The van der Waals surface area contributed by atoms with Crippen LogP contribution in [0.5, 0.6) is 0 Å². The highest BCUT2D eigenvalue weighted by atomic mass is 15.1. The molecule has 1 atom stereocenters. The van der Waals surface area contributed by atoms with Crippen molar-refractivity contribution in [2.75, 3.05) is 0 Å². The standard InChI is InChI=1S/C8H17N/c1-4-5-7-6-8(2,3)9-7/h7,9H,4-6H2,1-3H3. The summed E-state index contributed by atoms with van der Waals surface area (Å²) in [5, 5.41) is 3.52. The van der Waals surface area contributed by atoms with Crippen molar-refractivity contribution >= 4 is 0 Å². The Kier molecular flexibility index (Phi) is 1.80. The Hall–Kier alpha value is -0.0400. The van der Waals surface area contributed by atoms with Gasteiger partial charge in [-0.1, -0.05) is 13.3 Å². The Morgan fingerprint density at radius 2 is 2.11 bits per heavy atom. The van der Waals surface area contributed by atoms with E-state index in [2.05, 4.69) is 26.1 Å². The first-order valence-corrected chi connectivity index (χ1v) is 3.92. The second kappa shape index (κ2) is 2.30. The Balaban J connectivity index is 2.12. The predicted octanol–water partition coefficient (Wildman–Crippen LogP) is 1.93. The second-order valence-electron chi connectivity index (χ2n) is 3.72. The normalized spacial score (nSPS) is 31.7. The van der Waals surface area contributed by atoms with Crippen LogP contribution in [0.4, 0.5) is 0 Å². The summed E-state index contributed by atoms with van der Waals surface area (Å²) in [5.41, 5.74) is 0.444. The summed E-state index contributed by atoms with van der Waals surface area (Å²) in [4.78, 5) is 0. The zero-order valence-electron chi connectivity index (χ0n) is 6.70. The molecule has 0 saturated carbocycles. The predicted molar refractivity (Wildman–Crippen MR) is 40.5 cm³/mol.